The summed E-state index contributed by atoms with van der Waals surface area (Å²) < 4.78 is 39.9. The molecule has 128 valence electrons. The molecule has 0 radical (unpaired) electrons. The fraction of sp³-hybridized carbons (Fsp3) is 0.333. The molecule has 9 heteroatoms. The Bertz CT molecular complexity index is 827. The molecule has 0 bridgehead atoms. The highest BCUT2D eigenvalue weighted by Gasteiger charge is 2.23. The van der Waals surface area contributed by atoms with E-state index < -0.39 is 21.7 Å². The van der Waals surface area contributed by atoms with Crippen LogP contribution < -0.4 is 10.0 Å². The summed E-state index contributed by atoms with van der Waals surface area (Å²) in [7, 11) is -3.94. The number of amides is 1. The highest BCUT2D eigenvalue weighted by molar-refractivity contribution is 7.92. The van der Waals surface area contributed by atoms with E-state index in [4.69, 9.17) is 0 Å². The van der Waals surface area contributed by atoms with Crippen LogP contribution in [0.1, 0.15) is 36.2 Å². The van der Waals surface area contributed by atoms with E-state index in [0.717, 1.165) is 49.9 Å². The number of carbonyl (C=O) groups is 1. The van der Waals surface area contributed by atoms with Crippen LogP contribution in [0.25, 0.3) is 0 Å². The van der Waals surface area contributed by atoms with Crippen molar-refractivity contribution in [2.45, 2.75) is 36.6 Å². The zero-order valence-electron chi connectivity index (χ0n) is 12.8. The molecule has 1 fully saturated rings. The van der Waals surface area contributed by atoms with E-state index >= 15 is 0 Å². The van der Waals surface area contributed by atoms with E-state index in [9.17, 15) is 17.6 Å². The lowest BCUT2D eigenvalue weighted by atomic mass is 10.2. The Morgan fingerprint density at radius 2 is 1.88 bits per heavy atom. The van der Waals surface area contributed by atoms with Gasteiger partial charge in [-0.05, 0) is 37.1 Å². The zero-order chi connectivity index (χ0) is 17.2. The first-order valence-electron chi connectivity index (χ1n) is 7.58. The average molecular weight is 352 g/mol. The highest BCUT2D eigenvalue weighted by atomic mass is 32.2. The largest absolute Gasteiger partial charge is 0.348 e. The Morgan fingerprint density at radius 3 is 2.54 bits per heavy atom. The van der Waals surface area contributed by atoms with E-state index in [2.05, 4.69) is 20.2 Å². The van der Waals surface area contributed by atoms with Gasteiger partial charge >= 0.3 is 0 Å². The number of halogens is 1. The molecule has 1 aliphatic rings. The molecule has 0 aliphatic heterocycles. The maximum absolute atomic E-state index is 12.9. The third-order valence-electron chi connectivity index (χ3n) is 3.93. The van der Waals surface area contributed by atoms with Gasteiger partial charge in [0.15, 0.2) is 0 Å². The number of H-pyrrole nitrogens is 1. The van der Waals surface area contributed by atoms with E-state index in [1.54, 1.807) is 0 Å². The zero-order valence-corrected chi connectivity index (χ0v) is 13.6. The molecule has 0 spiro atoms. The molecule has 2 aromatic rings. The molecule has 3 N–H and O–H groups in total. The number of carbonyl (C=O) groups excluding carboxylic acids is 1. The minimum atomic E-state index is -3.94. The summed E-state index contributed by atoms with van der Waals surface area (Å²) in [5, 5.41) is 9.11. The van der Waals surface area contributed by atoms with Gasteiger partial charge in [0.25, 0.3) is 15.9 Å². The summed E-state index contributed by atoms with van der Waals surface area (Å²) in [6.45, 7) is 0. The summed E-state index contributed by atoms with van der Waals surface area (Å²) >= 11 is 0. The van der Waals surface area contributed by atoms with E-state index in [1.807, 2.05) is 0 Å². The number of sulfonamides is 1. The SMILES string of the molecule is O=C(NC1CCCC1)c1[nH]ncc1NS(=O)(=O)c1ccc(F)cc1. The summed E-state index contributed by atoms with van der Waals surface area (Å²) in [6.07, 6.45) is 5.19. The number of nitrogens with one attached hydrogen (secondary N) is 3. The molecule has 1 saturated carbocycles. The summed E-state index contributed by atoms with van der Waals surface area (Å²) in [5.74, 6) is -0.940. The third kappa shape index (κ3) is 3.56. The number of rotatable bonds is 5. The molecule has 1 amide bonds. The number of aromatic nitrogens is 2. The molecule has 3 rings (SSSR count). The first-order valence-corrected chi connectivity index (χ1v) is 9.06. The molecule has 1 aromatic carbocycles. The number of nitrogens with zero attached hydrogens (tertiary/aromatic N) is 1. The van der Waals surface area contributed by atoms with Crippen molar-refractivity contribution in [1.29, 1.82) is 0 Å². The molecular weight excluding hydrogens is 335 g/mol. The Balaban J connectivity index is 1.77. The van der Waals surface area contributed by atoms with Gasteiger partial charge in [-0.25, -0.2) is 12.8 Å². The van der Waals surface area contributed by atoms with Crippen molar-refractivity contribution in [2.24, 2.45) is 0 Å². The summed E-state index contributed by atoms with van der Waals surface area (Å²) in [6, 6.07) is 4.50. The highest BCUT2D eigenvalue weighted by Crippen LogP contribution is 2.21. The van der Waals surface area contributed by atoms with E-state index in [1.165, 1.54) is 6.20 Å². The van der Waals surface area contributed by atoms with Crippen molar-refractivity contribution in [2.75, 3.05) is 4.72 Å². The monoisotopic (exact) mass is 352 g/mol. The Hall–Kier alpha value is -2.42. The van der Waals surface area contributed by atoms with Crippen molar-refractivity contribution < 1.29 is 17.6 Å². The van der Waals surface area contributed by atoms with E-state index in [-0.39, 0.29) is 22.3 Å². The van der Waals surface area contributed by atoms with Gasteiger partial charge in [0.2, 0.25) is 0 Å². The second-order valence-electron chi connectivity index (χ2n) is 5.67. The summed E-state index contributed by atoms with van der Waals surface area (Å²) in [5.41, 5.74) is 0.0995. The van der Waals surface area contributed by atoms with Crippen molar-refractivity contribution in [3.05, 3.63) is 42.0 Å². The molecule has 24 heavy (non-hydrogen) atoms. The third-order valence-corrected chi connectivity index (χ3v) is 5.31. The van der Waals surface area contributed by atoms with Crippen LogP contribution in [0.4, 0.5) is 10.1 Å². The number of aromatic amines is 1. The predicted octanol–water partition coefficient (Wildman–Crippen LogP) is 2.02. The minimum Gasteiger partial charge on any atom is -0.348 e. The quantitative estimate of drug-likeness (QED) is 0.766. The van der Waals surface area contributed by atoms with Gasteiger partial charge < -0.3 is 5.32 Å². The van der Waals surface area contributed by atoms with Gasteiger partial charge in [0.05, 0.1) is 16.8 Å². The fourth-order valence-electron chi connectivity index (χ4n) is 2.68. The number of hydrogen-bond donors (Lipinski definition) is 3. The lowest BCUT2D eigenvalue weighted by molar-refractivity contribution is 0.0933. The van der Waals surface area contributed by atoms with Gasteiger partial charge in [0, 0.05) is 6.04 Å². The lowest BCUT2D eigenvalue weighted by Gasteiger charge is -2.12. The second-order valence-corrected chi connectivity index (χ2v) is 7.36. The van der Waals surface area contributed by atoms with E-state index in [0.29, 0.717) is 0 Å². The molecule has 0 atom stereocenters. The van der Waals surface area contributed by atoms with Gasteiger partial charge in [-0.1, -0.05) is 12.8 Å². The number of anilines is 1. The Kier molecular flexibility index (Phi) is 4.52. The normalized spacial score (nSPS) is 15.4. The molecule has 1 aromatic heterocycles. The van der Waals surface area contributed by atoms with Gasteiger partial charge in [-0.2, -0.15) is 5.10 Å². The van der Waals surface area contributed by atoms with Crippen LogP contribution in [0.15, 0.2) is 35.4 Å². The van der Waals surface area contributed by atoms with Gasteiger partial charge in [-0.15, -0.1) is 0 Å². The van der Waals surface area contributed by atoms with Gasteiger partial charge in [-0.3, -0.25) is 14.6 Å². The maximum atomic E-state index is 12.9. The van der Waals surface area contributed by atoms with Crippen LogP contribution in [-0.4, -0.2) is 30.6 Å². The van der Waals surface area contributed by atoms with Crippen molar-refractivity contribution in [1.82, 2.24) is 15.5 Å². The van der Waals surface area contributed by atoms with Gasteiger partial charge in [0.1, 0.15) is 11.5 Å². The maximum Gasteiger partial charge on any atom is 0.271 e. The molecule has 1 aliphatic carbocycles. The minimum absolute atomic E-state index is 0.0487. The lowest BCUT2D eigenvalue weighted by Crippen LogP contribution is -2.33. The standard InChI is InChI=1S/C15H17FN4O3S/c16-10-5-7-12(8-6-10)24(22,23)20-13-9-17-19-14(13)15(21)18-11-3-1-2-4-11/h5-9,11,20H,1-4H2,(H,17,19)(H,18,21). The van der Waals surface area contributed by atoms with Crippen LogP contribution in [0, 0.1) is 5.82 Å². The first-order chi connectivity index (χ1) is 11.5. The fourth-order valence-corrected chi connectivity index (χ4v) is 3.74. The molecule has 7 nitrogen and oxygen atoms in total. The first kappa shape index (κ1) is 16.4. The Labute approximate surface area is 138 Å². The molecule has 0 saturated heterocycles. The van der Waals surface area contributed by atoms with Crippen molar-refractivity contribution in [3.8, 4) is 0 Å². The summed E-state index contributed by atoms with van der Waals surface area (Å²) in [4.78, 5) is 12.2. The van der Waals surface area contributed by atoms with Crippen LogP contribution in [0.5, 0.6) is 0 Å². The number of benzene rings is 1. The van der Waals surface area contributed by atoms with Crippen molar-refractivity contribution in [3.63, 3.8) is 0 Å². The van der Waals surface area contributed by atoms with Crippen LogP contribution in [0.2, 0.25) is 0 Å². The molecular formula is C15H17FN4O3S. The van der Waals surface area contributed by atoms with Crippen LogP contribution in [-0.2, 0) is 10.0 Å². The smallest absolute Gasteiger partial charge is 0.271 e. The average Bonchev–Trinajstić information content (AvgIpc) is 3.19. The topological polar surface area (TPSA) is 104 Å². The second kappa shape index (κ2) is 6.60. The predicted molar refractivity (Wildman–Crippen MR) is 85.5 cm³/mol. The van der Waals surface area contributed by atoms with Crippen LogP contribution >= 0.6 is 0 Å². The Morgan fingerprint density at radius 1 is 1.21 bits per heavy atom. The van der Waals surface area contributed by atoms with Crippen molar-refractivity contribution >= 4 is 21.6 Å². The molecule has 0 unspecified atom stereocenters. The molecule has 1 heterocycles. The van der Waals surface area contributed by atoms with Crippen LogP contribution in [0.3, 0.4) is 0 Å². The number of hydrogen-bond acceptors (Lipinski definition) is 4.